The summed E-state index contributed by atoms with van der Waals surface area (Å²) in [6, 6.07) is 11.1. The van der Waals surface area contributed by atoms with Crippen LogP contribution in [0.25, 0.3) is 0 Å². The monoisotopic (exact) mass is 386 g/mol. The number of hydrazine groups is 1. The second-order valence-corrected chi connectivity index (χ2v) is 5.85. The van der Waals surface area contributed by atoms with E-state index in [2.05, 4.69) is 10.9 Å². The number of Topliss-reactive ketones (excluding diaryl/α,β-unsaturated/α-hetero) is 1. The number of methoxy groups -OCH3 is 2. The van der Waals surface area contributed by atoms with Crippen molar-refractivity contribution in [2.75, 3.05) is 14.2 Å². The summed E-state index contributed by atoms with van der Waals surface area (Å²) in [4.78, 5) is 35.6. The van der Waals surface area contributed by atoms with Crippen LogP contribution in [0.4, 0.5) is 0 Å². The second kappa shape index (κ2) is 9.40. The number of nitrogens with one attached hydrogen (secondary N) is 2. The summed E-state index contributed by atoms with van der Waals surface area (Å²) < 4.78 is 15.8. The molecule has 2 N–H and O–H groups in total. The molecule has 148 valence electrons. The van der Waals surface area contributed by atoms with Crippen molar-refractivity contribution < 1.29 is 28.6 Å². The molecule has 1 atom stereocenters. The zero-order valence-corrected chi connectivity index (χ0v) is 16.1. The minimum absolute atomic E-state index is 0.0600. The minimum atomic E-state index is -0.867. The number of ketones is 1. The van der Waals surface area contributed by atoms with Crippen molar-refractivity contribution in [3.05, 3.63) is 53.6 Å². The first-order valence-corrected chi connectivity index (χ1v) is 8.45. The molecular formula is C20H22N2O6. The highest BCUT2D eigenvalue weighted by Gasteiger charge is 2.17. The van der Waals surface area contributed by atoms with E-state index in [1.807, 2.05) is 0 Å². The fourth-order valence-corrected chi connectivity index (χ4v) is 2.30. The Labute approximate surface area is 162 Å². The lowest BCUT2D eigenvalue weighted by atomic mass is 10.1. The first-order valence-electron chi connectivity index (χ1n) is 8.45. The fourth-order valence-electron chi connectivity index (χ4n) is 2.30. The van der Waals surface area contributed by atoms with E-state index in [1.165, 1.54) is 34.1 Å². The molecule has 0 fully saturated rings. The van der Waals surface area contributed by atoms with E-state index in [1.54, 1.807) is 36.4 Å². The molecule has 2 rings (SSSR count). The first kappa shape index (κ1) is 20.8. The van der Waals surface area contributed by atoms with Crippen molar-refractivity contribution in [2.24, 2.45) is 0 Å². The van der Waals surface area contributed by atoms with Gasteiger partial charge in [-0.25, -0.2) is 0 Å². The van der Waals surface area contributed by atoms with Crippen LogP contribution in [-0.4, -0.2) is 37.9 Å². The van der Waals surface area contributed by atoms with Gasteiger partial charge in [0.15, 0.2) is 23.4 Å². The van der Waals surface area contributed by atoms with E-state index in [4.69, 9.17) is 14.2 Å². The molecule has 2 amide bonds. The molecule has 0 saturated carbocycles. The Balaban J connectivity index is 1.91. The molecule has 8 heteroatoms. The van der Waals surface area contributed by atoms with Gasteiger partial charge < -0.3 is 14.2 Å². The summed E-state index contributed by atoms with van der Waals surface area (Å²) in [7, 11) is 2.95. The molecule has 0 aliphatic heterocycles. The fraction of sp³-hybridized carbons (Fsp3) is 0.250. The summed E-state index contributed by atoms with van der Waals surface area (Å²) in [5, 5.41) is 0. The van der Waals surface area contributed by atoms with Gasteiger partial charge in [0.05, 0.1) is 14.2 Å². The van der Waals surface area contributed by atoms with E-state index < -0.39 is 17.9 Å². The van der Waals surface area contributed by atoms with E-state index in [0.29, 0.717) is 22.8 Å². The minimum Gasteiger partial charge on any atom is -0.493 e. The maximum atomic E-state index is 12.2. The molecule has 0 aliphatic rings. The van der Waals surface area contributed by atoms with Crippen molar-refractivity contribution in [1.29, 1.82) is 0 Å². The molecule has 0 aliphatic carbocycles. The summed E-state index contributed by atoms with van der Waals surface area (Å²) in [6.45, 7) is 3.00. The average Bonchev–Trinajstić information content (AvgIpc) is 2.71. The lowest BCUT2D eigenvalue weighted by molar-refractivity contribution is -0.128. The van der Waals surface area contributed by atoms with Gasteiger partial charge in [-0.05, 0) is 56.3 Å². The quantitative estimate of drug-likeness (QED) is 0.558. The second-order valence-electron chi connectivity index (χ2n) is 5.85. The summed E-state index contributed by atoms with van der Waals surface area (Å²) in [5.41, 5.74) is 5.46. The smallest absolute Gasteiger partial charge is 0.279 e. The first-order chi connectivity index (χ1) is 13.3. The number of rotatable bonds is 7. The van der Waals surface area contributed by atoms with Crippen molar-refractivity contribution in [2.45, 2.75) is 20.0 Å². The number of benzene rings is 2. The van der Waals surface area contributed by atoms with Crippen LogP contribution in [-0.2, 0) is 4.79 Å². The zero-order chi connectivity index (χ0) is 20.7. The van der Waals surface area contributed by atoms with Gasteiger partial charge in [0.2, 0.25) is 0 Å². The molecule has 0 saturated heterocycles. The number of hydrogen-bond acceptors (Lipinski definition) is 6. The molecule has 0 bridgehead atoms. The highest BCUT2D eigenvalue weighted by atomic mass is 16.5. The molecule has 1 unspecified atom stereocenters. The number of hydrogen-bond donors (Lipinski definition) is 2. The molecule has 0 spiro atoms. The summed E-state index contributed by atoms with van der Waals surface area (Å²) in [5.74, 6) is 0.193. The van der Waals surface area contributed by atoms with Gasteiger partial charge in [-0.3, -0.25) is 25.2 Å². The third kappa shape index (κ3) is 5.23. The van der Waals surface area contributed by atoms with Crippen LogP contribution in [0.15, 0.2) is 42.5 Å². The standard InChI is InChI=1S/C20H22N2O6/c1-12(23)14-5-8-16(9-6-14)28-13(2)19(24)21-22-20(25)15-7-10-17(26-3)18(11-15)27-4/h5-11,13H,1-4H3,(H,21,24)(H,22,25). The highest BCUT2D eigenvalue weighted by molar-refractivity contribution is 5.96. The van der Waals surface area contributed by atoms with Gasteiger partial charge in [-0.1, -0.05) is 0 Å². The van der Waals surface area contributed by atoms with E-state index in [9.17, 15) is 14.4 Å². The molecule has 0 aromatic heterocycles. The van der Waals surface area contributed by atoms with Crippen LogP contribution < -0.4 is 25.1 Å². The zero-order valence-electron chi connectivity index (χ0n) is 16.1. The average molecular weight is 386 g/mol. The van der Waals surface area contributed by atoms with Crippen LogP contribution >= 0.6 is 0 Å². The molecule has 2 aromatic rings. The van der Waals surface area contributed by atoms with Gasteiger partial charge >= 0.3 is 0 Å². The number of ether oxygens (including phenoxy) is 3. The van der Waals surface area contributed by atoms with Gasteiger partial charge in [0.1, 0.15) is 5.75 Å². The van der Waals surface area contributed by atoms with Crippen molar-refractivity contribution in [1.82, 2.24) is 10.9 Å². The Morgan fingerprint density at radius 3 is 2.04 bits per heavy atom. The largest absolute Gasteiger partial charge is 0.493 e. The van der Waals surface area contributed by atoms with Crippen LogP contribution in [0.3, 0.4) is 0 Å². The normalized spacial score (nSPS) is 11.1. The van der Waals surface area contributed by atoms with Gasteiger partial charge in [-0.2, -0.15) is 0 Å². The third-order valence-electron chi connectivity index (χ3n) is 3.89. The lowest BCUT2D eigenvalue weighted by Crippen LogP contribution is -2.47. The summed E-state index contributed by atoms with van der Waals surface area (Å²) >= 11 is 0. The molecule has 8 nitrogen and oxygen atoms in total. The Hall–Kier alpha value is -3.55. The van der Waals surface area contributed by atoms with E-state index in [0.717, 1.165) is 0 Å². The van der Waals surface area contributed by atoms with Crippen LogP contribution in [0.2, 0.25) is 0 Å². The van der Waals surface area contributed by atoms with Crippen molar-refractivity contribution >= 4 is 17.6 Å². The number of carbonyl (C=O) groups is 3. The Morgan fingerprint density at radius 2 is 1.46 bits per heavy atom. The predicted octanol–water partition coefficient (Wildman–Crippen LogP) is 2.13. The lowest BCUT2D eigenvalue weighted by Gasteiger charge is -2.15. The molecule has 0 heterocycles. The highest BCUT2D eigenvalue weighted by Crippen LogP contribution is 2.27. The van der Waals surface area contributed by atoms with Crippen molar-refractivity contribution in [3.63, 3.8) is 0 Å². The van der Waals surface area contributed by atoms with Gasteiger partial charge in [-0.15, -0.1) is 0 Å². The number of carbonyl (C=O) groups excluding carboxylic acids is 3. The van der Waals surface area contributed by atoms with Gasteiger partial charge in [0.25, 0.3) is 11.8 Å². The SMILES string of the molecule is COc1ccc(C(=O)NNC(=O)C(C)Oc2ccc(C(C)=O)cc2)cc1OC. The van der Waals surface area contributed by atoms with Crippen LogP contribution in [0.5, 0.6) is 17.2 Å². The predicted molar refractivity (Wildman–Crippen MR) is 102 cm³/mol. The Bertz CT molecular complexity index is 863. The van der Waals surface area contributed by atoms with Gasteiger partial charge in [0, 0.05) is 11.1 Å². The van der Waals surface area contributed by atoms with Crippen LogP contribution in [0.1, 0.15) is 34.6 Å². The topological polar surface area (TPSA) is 103 Å². The van der Waals surface area contributed by atoms with Crippen molar-refractivity contribution in [3.8, 4) is 17.2 Å². The maximum absolute atomic E-state index is 12.2. The molecule has 0 radical (unpaired) electrons. The Morgan fingerprint density at radius 1 is 0.857 bits per heavy atom. The molecule has 28 heavy (non-hydrogen) atoms. The molecular weight excluding hydrogens is 364 g/mol. The van der Waals surface area contributed by atoms with E-state index in [-0.39, 0.29) is 11.3 Å². The number of amides is 2. The summed E-state index contributed by atoms with van der Waals surface area (Å²) in [6.07, 6.45) is -0.867. The maximum Gasteiger partial charge on any atom is 0.279 e. The Kier molecular flexibility index (Phi) is 6.97. The molecule has 2 aromatic carbocycles. The van der Waals surface area contributed by atoms with Crippen LogP contribution in [0, 0.1) is 0 Å². The van der Waals surface area contributed by atoms with E-state index >= 15 is 0 Å². The third-order valence-corrected chi connectivity index (χ3v) is 3.89.